The summed E-state index contributed by atoms with van der Waals surface area (Å²) >= 11 is 5.79. The molecule has 0 amide bonds. The molecule has 1 nitrogen and oxygen atoms in total. The van der Waals surface area contributed by atoms with E-state index < -0.39 is 11.3 Å². The molecule has 0 aromatic rings. The van der Waals surface area contributed by atoms with Gasteiger partial charge in [0.05, 0.1) is 0 Å². The number of nitrogens with zero attached hydrogens (tertiary/aromatic N) is 1. The number of alkyl halides is 3. The maximum Gasteiger partial charge on any atom is 0.255 e. The van der Waals surface area contributed by atoms with Gasteiger partial charge in [0, 0.05) is 30.3 Å². The molecule has 0 bridgehead atoms. The quantitative estimate of drug-likeness (QED) is 0.665. The maximum absolute atomic E-state index is 13.0. The highest BCUT2D eigenvalue weighted by Crippen LogP contribution is 2.60. The third kappa shape index (κ3) is 1.65. The van der Waals surface area contributed by atoms with Crippen LogP contribution in [0.4, 0.5) is 8.78 Å². The van der Waals surface area contributed by atoms with E-state index in [0.717, 1.165) is 19.4 Å². The number of hydrogen-bond donors (Lipinski definition) is 0. The summed E-state index contributed by atoms with van der Waals surface area (Å²) < 4.78 is 26.0. The van der Waals surface area contributed by atoms with Crippen molar-refractivity contribution in [3.63, 3.8) is 0 Å². The second kappa shape index (κ2) is 3.31. The molecule has 14 heavy (non-hydrogen) atoms. The van der Waals surface area contributed by atoms with E-state index in [1.165, 1.54) is 0 Å². The second-order valence-corrected chi connectivity index (χ2v) is 5.17. The monoisotopic (exact) mass is 223 g/mol. The summed E-state index contributed by atoms with van der Waals surface area (Å²) in [6.45, 7) is 3.12. The minimum atomic E-state index is -2.44. The molecule has 1 unspecified atom stereocenters. The van der Waals surface area contributed by atoms with Crippen molar-refractivity contribution in [1.29, 1.82) is 0 Å². The van der Waals surface area contributed by atoms with Crippen LogP contribution in [0.2, 0.25) is 0 Å². The van der Waals surface area contributed by atoms with Crippen molar-refractivity contribution in [2.24, 2.45) is 5.41 Å². The molecule has 0 aromatic heterocycles. The van der Waals surface area contributed by atoms with Gasteiger partial charge in [-0.2, -0.15) is 0 Å². The van der Waals surface area contributed by atoms with Crippen LogP contribution in [0.25, 0.3) is 0 Å². The van der Waals surface area contributed by atoms with E-state index in [9.17, 15) is 8.78 Å². The van der Waals surface area contributed by atoms with Crippen molar-refractivity contribution in [2.75, 3.05) is 19.0 Å². The van der Waals surface area contributed by atoms with E-state index in [4.69, 9.17) is 11.6 Å². The van der Waals surface area contributed by atoms with E-state index in [1.54, 1.807) is 6.92 Å². The SMILES string of the molecule is CC1(CN2CCC[C@@H]2CCl)CC1(F)F. The zero-order chi connectivity index (χ0) is 10.4. The molecule has 2 rings (SSSR count). The van der Waals surface area contributed by atoms with Crippen LogP contribution in [0.3, 0.4) is 0 Å². The standard InChI is InChI=1S/C10H16ClF2N/c1-9(6-10(9,12)13)7-14-4-2-3-8(14)5-11/h8H,2-7H2,1H3/t8-,9?/m1/s1. The molecular weight excluding hydrogens is 208 g/mol. The van der Waals surface area contributed by atoms with Gasteiger partial charge in [-0.1, -0.05) is 6.92 Å². The van der Waals surface area contributed by atoms with Crippen LogP contribution in [-0.4, -0.2) is 35.8 Å². The third-order valence-corrected chi connectivity index (χ3v) is 3.96. The summed E-state index contributed by atoms with van der Waals surface area (Å²) in [5.41, 5.74) is -0.776. The molecule has 0 N–H and O–H groups in total. The minimum Gasteiger partial charge on any atom is -0.298 e. The fourth-order valence-electron chi connectivity index (χ4n) is 2.34. The van der Waals surface area contributed by atoms with Crippen LogP contribution < -0.4 is 0 Å². The molecule has 2 atom stereocenters. The Balaban J connectivity index is 1.92. The van der Waals surface area contributed by atoms with E-state index in [2.05, 4.69) is 4.90 Å². The van der Waals surface area contributed by atoms with Gasteiger partial charge in [-0.3, -0.25) is 4.90 Å². The molecule has 2 fully saturated rings. The molecule has 1 aliphatic heterocycles. The summed E-state index contributed by atoms with van der Waals surface area (Å²) in [5.74, 6) is -1.87. The third-order valence-electron chi connectivity index (χ3n) is 3.60. The lowest BCUT2D eigenvalue weighted by Crippen LogP contribution is -2.36. The highest BCUT2D eigenvalue weighted by molar-refractivity contribution is 6.18. The number of likely N-dealkylation sites (tertiary alicyclic amines) is 1. The van der Waals surface area contributed by atoms with Gasteiger partial charge in [-0.05, 0) is 19.4 Å². The first-order valence-electron chi connectivity index (χ1n) is 5.16. The lowest BCUT2D eigenvalue weighted by molar-refractivity contribution is 0.0522. The van der Waals surface area contributed by atoms with Gasteiger partial charge in [0.25, 0.3) is 5.92 Å². The van der Waals surface area contributed by atoms with Gasteiger partial charge in [-0.25, -0.2) is 8.78 Å². The van der Waals surface area contributed by atoms with Crippen molar-refractivity contribution in [3.05, 3.63) is 0 Å². The van der Waals surface area contributed by atoms with Gasteiger partial charge in [0.15, 0.2) is 0 Å². The lowest BCUT2D eigenvalue weighted by Gasteiger charge is -2.25. The predicted octanol–water partition coefficient (Wildman–Crippen LogP) is 2.73. The van der Waals surface area contributed by atoms with Crippen molar-refractivity contribution >= 4 is 11.6 Å². The smallest absolute Gasteiger partial charge is 0.255 e. The molecule has 2 aliphatic rings. The number of hydrogen-bond acceptors (Lipinski definition) is 1. The second-order valence-electron chi connectivity index (χ2n) is 4.86. The van der Waals surface area contributed by atoms with Crippen molar-refractivity contribution in [3.8, 4) is 0 Å². The summed E-state index contributed by atoms with van der Waals surface area (Å²) in [5, 5.41) is 0. The van der Waals surface area contributed by atoms with Crippen LogP contribution in [0.1, 0.15) is 26.2 Å². The maximum atomic E-state index is 13.0. The molecule has 82 valence electrons. The van der Waals surface area contributed by atoms with Crippen LogP contribution in [0.5, 0.6) is 0 Å². The Morgan fingerprint density at radius 1 is 1.50 bits per heavy atom. The molecular formula is C10H16ClF2N. The van der Waals surface area contributed by atoms with Gasteiger partial charge >= 0.3 is 0 Å². The van der Waals surface area contributed by atoms with E-state index >= 15 is 0 Å². The minimum absolute atomic E-state index is 0.0471. The number of halogens is 3. The Kier molecular flexibility index (Phi) is 2.51. The Hall–Kier alpha value is 0.110. The Morgan fingerprint density at radius 2 is 2.14 bits per heavy atom. The zero-order valence-corrected chi connectivity index (χ0v) is 9.16. The summed E-state index contributed by atoms with van der Waals surface area (Å²) in [4.78, 5) is 2.13. The van der Waals surface area contributed by atoms with Gasteiger partial charge < -0.3 is 0 Å². The van der Waals surface area contributed by atoms with Crippen LogP contribution in [0.15, 0.2) is 0 Å². The largest absolute Gasteiger partial charge is 0.298 e. The first-order valence-corrected chi connectivity index (χ1v) is 5.70. The summed E-state index contributed by atoms with van der Waals surface area (Å²) in [6, 6.07) is 0.324. The fourth-order valence-corrected chi connectivity index (χ4v) is 2.69. The first-order chi connectivity index (χ1) is 6.48. The van der Waals surface area contributed by atoms with Gasteiger partial charge in [-0.15, -0.1) is 11.6 Å². The Morgan fingerprint density at radius 3 is 2.64 bits per heavy atom. The van der Waals surface area contributed by atoms with Gasteiger partial charge in [0.1, 0.15) is 0 Å². The van der Waals surface area contributed by atoms with Crippen molar-refractivity contribution < 1.29 is 8.78 Å². The van der Waals surface area contributed by atoms with Crippen LogP contribution in [0, 0.1) is 5.41 Å². The average Bonchev–Trinajstić information content (AvgIpc) is 2.48. The van der Waals surface area contributed by atoms with Crippen molar-refractivity contribution in [2.45, 2.75) is 38.2 Å². The highest BCUT2D eigenvalue weighted by Gasteiger charge is 2.68. The first kappa shape index (κ1) is 10.6. The highest BCUT2D eigenvalue weighted by atomic mass is 35.5. The molecule has 1 saturated heterocycles. The number of rotatable bonds is 3. The normalized spacial score (nSPS) is 41.6. The van der Waals surface area contributed by atoms with Crippen molar-refractivity contribution in [1.82, 2.24) is 4.90 Å². The van der Waals surface area contributed by atoms with E-state index in [-0.39, 0.29) is 6.42 Å². The van der Waals surface area contributed by atoms with E-state index in [0.29, 0.717) is 18.5 Å². The molecule has 1 heterocycles. The molecule has 0 aromatic carbocycles. The predicted molar refractivity (Wildman–Crippen MR) is 53.0 cm³/mol. The fraction of sp³-hybridized carbons (Fsp3) is 1.00. The van der Waals surface area contributed by atoms with Gasteiger partial charge in [0.2, 0.25) is 0 Å². The summed E-state index contributed by atoms with van der Waals surface area (Å²) in [7, 11) is 0. The lowest BCUT2D eigenvalue weighted by atomic mass is 10.1. The average molecular weight is 224 g/mol. The summed E-state index contributed by atoms with van der Waals surface area (Å²) in [6.07, 6.45) is 2.20. The molecule has 1 saturated carbocycles. The topological polar surface area (TPSA) is 3.24 Å². The van der Waals surface area contributed by atoms with Crippen LogP contribution in [-0.2, 0) is 0 Å². The Bertz CT molecular complexity index is 234. The molecule has 0 radical (unpaired) electrons. The Labute approximate surface area is 88.4 Å². The molecule has 0 spiro atoms. The zero-order valence-electron chi connectivity index (χ0n) is 8.40. The van der Waals surface area contributed by atoms with Crippen LogP contribution >= 0.6 is 11.6 Å². The molecule has 1 aliphatic carbocycles. The molecule has 4 heteroatoms. The van der Waals surface area contributed by atoms with E-state index in [1.807, 2.05) is 0 Å².